The summed E-state index contributed by atoms with van der Waals surface area (Å²) in [6.07, 6.45) is 3.16. The van der Waals surface area contributed by atoms with Crippen LogP contribution < -0.4 is 10.6 Å². The predicted octanol–water partition coefficient (Wildman–Crippen LogP) is 4.03. The number of hydrogen-bond acceptors (Lipinski definition) is 2. The van der Waals surface area contributed by atoms with Gasteiger partial charge in [-0.2, -0.15) is 13.2 Å². The van der Waals surface area contributed by atoms with Crippen molar-refractivity contribution in [1.82, 2.24) is 10.6 Å². The molecular formula is C21H28F3N3O. The van der Waals surface area contributed by atoms with Crippen molar-refractivity contribution >= 4 is 5.96 Å². The topological polar surface area (TPSA) is 45.7 Å². The zero-order valence-electron chi connectivity index (χ0n) is 16.2. The minimum Gasteiger partial charge on any atom is -0.381 e. The molecule has 1 aromatic carbocycles. The van der Waals surface area contributed by atoms with E-state index in [1.165, 1.54) is 12.1 Å². The molecule has 1 aliphatic heterocycles. The quantitative estimate of drug-likeness (QED) is 0.450. The fourth-order valence-electron chi connectivity index (χ4n) is 3.80. The molecule has 2 aliphatic rings. The first-order chi connectivity index (χ1) is 13.4. The van der Waals surface area contributed by atoms with Crippen molar-refractivity contribution < 1.29 is 17.9 Å². The molecule has 4 nitrogen and oxygen atoms in total. The summed E-state index contributed by atoms with van der Waals surface area (Å²) in [6.45, 7) is 4.21. The molecule has 0 aromatic heterocycles. The van der Waals surface area contributed by atoms with E-state index in [2.05, 4.69) is 22.8 Å². The summed E-state index contributed by atoms with van der Waals surface area (Å²) in [5.41, 5.74) is -0.370. The third-order valence-electron chi connectivity index (χ3n) is 5.48. The van der Waals surface area contributed by atoms with E-state index in [4.69, 9.17) is 9.73 Å². The molecular weight excluding hydrogens is 367 g/mol. The molecule has 7 heteroatoms. The molecule has 1 aliphatic carbocycles. The zero-order valence-corrected chi connectivity index (χ0v) is 16.2. The normalized spacial score (nSPS) is 20.4. The van der Waals surface area contributed by atoms with Gasteiger partial charge in [-0.1, -0.05) is 30.4 Å². The van der Waals surface area contributed by atoms with Crippen LogP contribution in [0.25, 0.3) is 0 Å². The van der Waals surface area contributed by atoms with Gasteiger partial charge in [0.05, 0.1) is 12.1 Å². The highest BCUT2D eigenvalue weighted by molar-refractivity contribution is 5.80. The lowest BCUT2D eigenvalue weighted by Crippen LogP contribution is -2.44. The van der Waals surface area contributed by atoms with Gasteiger partial charge in [0.15, 0.2) is 5.96 Å². The van der Waals surface area contributed by atoms with Gasteiger partial charge < -0.3 is 15.4 Å². The van der Waals surface area contributed by atoms with Crippen LogP contribution >= 0.6 is 0 Å². The maximum absolute atomic E-state index is 13.2. The number of hydrogen-bond donors (Lipinski definition) is 2. The molecule has 2 N–H and O–H groups in total. The lowest BCUT2D eigenvalue weighted by atomic mass is 9.74. The first-order valence-corrected chi connectivity index (χ1v) is 9.88. The molecule has 154 valence electrons. The molecule has 1 saturated heterocycles. The van der Waals surface area contributed by atoms with Gasteiger partial charge in [-0.05, 0) is 44.2 Å². The molecule has 0 amide bonds. The number of halogens is 3. The van der Waals surface area contributed by atoms with Crippen LogP contribution in [0.4, 0.5) is 13.2 Å². The standard InChI is InChI=1S/C21H28F3N3O/c1-2-25-19(27-18-8-3-4-9-18)26-15-20(10-12-28-13-11-20)16-6-5-7-17(14-16)21(22,23)24/h3-7,14,18H,2,8-13,15H2,1H3,(H2,25,26,27). The Morgan fingerprint density at radius 3 is 2.57 bits per heavy atom. The maximum Gasteiger partial charge on any atom is 0.416 e. The fraction of sp³-hybridized carbons (Fsp3) is 0.571. The molecule has 0 saturated carbocycles. The van der Waals surface area contributed by atoms with Gasteiger partial charge in [-0.3, -0.25) is 4.99 Å². The average molecular weight is 395 g/mol. The van der Waals surface area contributed by atoms with E-state index in [0.717, 1.165) is 25.5 Å². The van der Waals surface area contributed by atoms with Crippen LogP contribution in [-0.2, 0) is 16.3 Å². The Morgan fingerprint density at radius 1 is 1.21 bits per heavy atom. The highest BCUT2D eigenvalue weighted by atomic mass is 19.4. The number of rotatable bonds is 5. The highest BCUT2D eigenvalue weighted by Gasteiger charge is 2.37. The highest BCUT2D eigenvalue weighted by Crippen LogP contribution is 2.38. The smallest absolute Gasteiger partial charge is 0.381 e. The minimum atomic E-state index is -4.35. The van der Waals surface area contributed by atoms with Crippen molar-refractivity contribution in [2.45, 2.75) is 50.2 Å². The Morgan fingerprint density at radius 2 is 1.93 bits per heavy atom. The summed E-state index contributed by atoms with van der Waals surface area (Å²) in [5.74, 6) is 0.717. The van der Waals surface area contributed by atoms with Crippen LogP contribution in [0.1, 0.15) is 43.7 Å². The minimum absolute atomic E-state index is 0.317. The maximum atomic E-state index is 13.2. The summed E-state index contributed by atoms with van der Waals surface area (Å²) in [5, 5.41) is 6.68. The SMILES string of the molecule is CCNC(=NCC1(c2cccc(C(F)(F)F)c2)CCOCC1)NC1CC=CC1. The lowest BCUT2D eigenvalue weighted by Gasteiger charge is -2.37. The summed E-state index contributed by atoms with van der Waals surface area (Å²) in [7, 11) is 0. The monoisotopic (exact) mass is 395 g/mol. The summed E-state index contributed by atoms with van der Waals surface area (Å²) in [4.78, 5) is 4.77. The Bertz CT molecular complexity index is 701. The molecule has 1 fully saturated rings. The number of aliphatic imine (C=N–C) groups is 1. The van der Waals surface area contributed by atoms with E-state index in [1.54, 1.807) is 6.07 Å². The molecule has 28 heavy (non-hydrogen) atoms. The molecule has 0 atom stereocenters. The Kier molecular flexibility index (Phi) is 6.65. The van der Waals surface area contributed by atoms with E-state index in [1.807, 2.05) is 6.92 Å². The predicted molar refractivity (Wildman–Crippen MR) is 104 cm³/mol. The van der Waals surface area contributed by atoms with Gasteiger partial charge in [0.25, 0.3) is 0 Å². The lowest BCUT2D eigenvalue weighted by molar-refractivity contribution is -0.137. The van der Waals surface area contributed by atoms with Crippen molar-refractivity contribution in [2.75, 3.05) is 26.3 Å². The van der Waals surface area contributed by atoms with Crippen molar-refractivity contribution in [2.24, 2.45) is 4.99 Å². The number of alkyl halides is 3. The number of benzene rings is 1. The van der Waals surface area contributed by atoms with Crippen molar-refractivity contribution in [3.63, 3.8) is 0 Å². The molecule has 0 bridgehead atoms. The van der Waals surface area contributed by atoms with Crippen LogP contribution in [0, 0.1) is 0 Å². The van der Waals surface area contributed by atoms with E-state index in [0.29, 0.717) is 50.2 Å². The van der Waals surface area contributed by atoms with E-state index in [-0.39, 0.29) is 0 Å². The van der Waals surface area contributed by atoms with Crippen LogP contribution in [-0.4, -0.2) is 38.3 Å². The van der Waals surface area contributed by atoms with E-state index >= 15 is 0 Å². The molecule has 0 radical (unpaired) electrons. The van der Waals surface area contributed by atoms with Gasteiger partial charge in [-0.25, -0.2) is 0 Å². The van der Waals surface area contributed by atoms with Crippen molar-refractivity contribution in [1.29, 1.82) is 0 Å². The molecule has 0 spiro atoms. The zero-order chi connectivity index (χ0) is 20.0. The second-order valence-electron chi connectivity index (χ2n) is 7.45. The van der Waals surface area contributed by atoms with Gasteiger partial charge >= 0.3 is 6.18 Å². The summed E-state index contributed by atoms with van der Waals surface area (Å²) >= 11 is 0. The largest absolute Gasteiger partial charge is 0.416 e. The van der Waals surface area contributed by atoms with Crippen molar-refractivity contribution in [3.8, 4) is 0 Å². The summed E-state index contributed by atoms with van der Waals surface area (Å²) in [6, 6.07) is 6.00. The van der Waals surface area contributed by atoms with Gasteiger partial charge in [-0.15, -0.1) is 0 Å². The van der Waals surface area contributed by atoms with Gasteiger partial charge in [0.1, 0.15) is 0 Å². The van der Waals surface area contributed by atoms with Crippen LogP contribution in [0.2, 0.25) is 0 Å². The number of nitrogens with one attached hydrogen (secondary N) is 2. The molecule has 0 unspecified atom stereocenters. The molecule has 3 rings (SSSR count). The van der Waals surface area contributed by atoms with Crippen LogP contribution in [0.15, 0.2) is 41.4 Å². The first-order valence-electron chi connectivity index (χ1n) is 9.88. The molecule has 1 heterocycles. The summed E-state index contributed by atoms with van der Waals surface area (Å²) < 4.78 is 45.2. The Labute approximate surface area is 164 Å². The van der Waals surface area contributed by atoms with Crippen molar-refractivity contribution in [3.05, 3.63) is 47.5 Å². The number of ether oxygens (including phenoxy) is 1. The number of guanidine groups is 1. The van der Waals surface area contributed by atoms with Crippen LogP contribution in [0.5, 0.6) is 0 Å². The first kappa shape index (κ1) is 20.7. The second kappa shape index (κ2) is 8.99. The second-order valence-corrected chi connectivity index (χ2v) is 7.45. The van der Waals surface area contributed by atoms with Gasteiger partial charge in [0.2, 0.25) is 0 Å². The van der Waals surface area contributed by atoms with E-state index in [9.17, 15) is 13.2 Å². The average Bonchev–Trinajstić information content (AvgIpc) is 3.20. The third kappa shape index (κ3) is 5.07. The third-order valence-corrected chi connectivity index (χ3v) is 5.48. The van der Waals surface area contributed by atoms with Gasteiger partial charge in [0, 0.05) is 31.2 Å². The molecule has 1 aromatic rings. The van der Waals surface area contributed by atoms with Crippen LogP contribution in [0.3, 0.4) is 0 Å². The number of nitrogens with zero attached hydrogens (tertiary/aromatic N) is 1. The Hall–Kier alpha value is -2.02. The van der Waals surface area contributed by atoms with E-state index < -0.39 is 17.2 Å². The fourth-order valence-corrected chi connectivity index (χ4v) is 3.80. The Balaban J connectivity index is 1.84.